The third-order valence-electron chi connectivity index (χ3n) is 6.60. The predicted octanol–water partition coefficient (Wildman–Crippen LogP) is 3.53. The van der Waals surface area contributed by atoms with Crippen molar-refractivity contribution in [3.63, 3.8) is 0 Å². The number of rotatable bonds is 8. The molecule has 0 spiro atoms. The van der Waals surface area contributed by atoms with Gasteiger partial charge >= 0.3 is 12.1 Å². The number of carboxylic acids is 1. The van der Waals surface area contributed by atoms with Crippen LogP contribution in [-0.4, -0.2) is 42.3 Å². The van der Waals surface area contributed by atoms with Crippen molar-refractivity contribution < 1.29 is 24.2 Å². The Kier molecular flexibility index (Phi) is 6.44. The normalized spacial score (nSPS) is 16.8. The fraction of sp³-hybridized carbons (Fsp3) is 0.400. The molecule has 2 aliphatic rings. The van der Waals surface area contributed by atoms with Gasteiger partial charge in [-0.1, -0.05) is 55.0 Å². The molecule has 2 aliphatic carbocycles. The van der Waals surface area contributed by atoms with E-state index in [0.29, 0.717) is 0 Å². The molecule has 2 aromatic rings. The van der Waals surface area contributed by atoms with Crippen molar-refractivity contribution >= 4 is 18.0 Å². The van der Waals surface area contributed by atoms with Crippen LogP contribution in [0.1, 0.15) is 43.2 Å². The molecule has 0 saturated heterocycles. The van der Waals surface area contributed by atoms with Crippen LogP contribution in [0, 0.1) is 11.8 Å². The maximum absolute atomic E-state index is 12.3. The zero-order valence-electron chi connectivity index (χ0n) is 18.0. The Hall–Kier alpha value is -3.35. The monoisotopic (exact) mass is 436 g/mol. The largest absolute Gasteiger partial charge is 0.481 e. The number of hydrogen-bond donors (Lipinski definition) is 3. The summed E-state index contributed by atoms with van der Waals surface area (Å²) < 4.78 is 5.46. The molecule has 7 heteroatoms. The number of aliphatic carboxylic acids is 1. The van der Waals surface area contributed by atoms with E-state index in [2.05, 4.69) is 22.8 Å². The van der Waals surface area contributed by atoms with Gasteiger partial charge in [0.2, 0.25) is 5.91 Å². The molecule has 1 unspecified atom stereocenters. The van der Waals surface area contributed by atoms with Gasteiger partial charge in [0.05, 0.1) is 5.92 Å². The van der Waals surface area contributed by atoms with Gasteiger partial charge in [-0.25, -0.2) is 4.79 Å². The maximum atomic E-state index is 12.3. The highest BCUT2D eigenvalue weighted by molar-refractivity contribution is 5.85. The second-order valence-corrected chi connectivity index (χ2v) is 8.57. The summed E-state index contributed by atoms with van der Waals surface area (Å²) >= 11 is 0. The van der Waals surface area contributed by atoms with E-state index in [4.69, 9.17) is 4.74 Å². The van der Waals surface area contributed by atoms with Crippen LogP contribution in [-0.2, 0) is 14.3 Å². The molecular formula is C25H28N2O5. The van der Waals surface area contributed by atoms with Gasteiger partial charge in [0.15, 0.2) is 0 Å². The minimum atomic E-state index is -0.896. The van der Waals surface area contributed by atoms with E-state index in [1.54, 1.807) is 6.92 Å². The van der Waals surface area contributed by atoms with Crippen LogP contribution in [0.25, 0.3) is 11.1 Å². The molecule has 2 aromatic carbocycles. The predicted molar refractivity (Wildman–Crippen MR) is 119 cm³/mol. The summed E-state index contributed by atoms with van der Waals surface area (Å²) in [5.74, 6) is -1.86. The number of fused-ring (bicyclic) bond motifs is 3. The van der Waals surface area contributed by atoms with Gasteiger partial charge in [0.25, 0.3) is 0 Å². The average Bonchev–Trinajstić information content (AvgIpc) is 3.07. The second kappa shape index (κ2) is 9.42. The fourth-order valence-corrected chi connectivity index (χ4v) is 4.54. The van der Waals surface area contributed by atoms with Crippen molar-refractivity contribution in [2.45, 2.75) is 38.1 Å². The van der Waals surface area contributed by atoms with Crippen LogP contribution in [0.5, 0.6) is 0 Å². The molecule has 4 rings (SSSR count). The van der Waals surface area contributed by atoms with Crippen LogP contribution in [0.4, 0.5) is 4.79 Å². The first-order valence-electron chi connectivity index (χ1n) is 11.1. The lowest BCUT2D eigenvalue weighted by Gasteiger charge is -2.31. The summed E-state index contributed by atoms with van der Waals surface area (Å²) in [6.07, 6.45) is 2.10. The van der Waals surface area contributed by atoms with Crippen LogP contribution in [0.2, 0.25) is 0 Å². The molecule has 1 saturated carbocycles. The highest BCUT2D eigenvalue weighted by atomic mass is 16.5. The van der Waals surface area contributed by atoms with Crippen molar-refractivity contribution in [1.82, 2.24) is 10.6 Å². The van der Waals surface area contributed by atoms with Crippen molar-refractivity contribution in [2.75, 3.05) is 13.2 Å². The molecule has 2 amide bonds. The Balaban J connectivity index is 1.29. The van der Waals surface area contributed by atoms with Crippen molar-refractivity contribution in [1.29, 1.82) is 0 Å². The van der Waals surface area contributed by atoms with E-state index in [1.165, 1.54) is 0 Å². The third kappa shape index (κ3) is 4.47. The lowest BCUT2D eigenvalue weighted by molar-refractivity contribution is -0.144. The van der Waals surface area contributed by atoms with Gasteiger partial charge in [-0.2, -0.15) is 0 Å². The number of amides is 2. The van der Waals surface area contributed by atoms with Gasteiger partial charge in [-0.05, 0) is 47.9 Å². The summed E-state index contributed by atoms with van der Waals surface area (Å²) in [5, 5.41) is 14.6. The number of hydrogen-bond acceptors (Lipinski definition) is 4. The van der Waals surface area contributed by atoms with Gasteiger partial charge in [0, 0.05) is 12.5 Å². The lowest BCUT2D eigenvalue weighted by atomic mass is 9.76. The highest BCUT2D eigenvalue weighted by Gasteiger charge is 2.33. The Labute approximate surface area is 187 Å². The minimum absolute atomic E-state index is 0.0592. The number of benzene rings is 2. The van der Waals surface area contributed by atoms with E-state index in [1.807, 2.05) is 36.4 Å². The van der Waals surface area contributed by atoms with E-state index in [9.17, 15) is 19.5 Å². The third-order valence-corrected chi connectivity index (χ3v) is 6.60. The molecule has 0 radical (unpaired) electrons. The van der Waals surface area contributed by atoms with Crippen LogP contribution in [0.3, 0.4) is 0 Å². The first-order chi connectivity index (χ1) is 15.5. The Morgan fingerprint density at radius 1 is 1.03 bits per heavy atom. The van der Waals surface area contributed by atoms with Crippen LogP contribution in [0.15, 0.2) is 48.5 Å². The molecule has 1 fully saturated rings. The molecule has 3 N–H and O–H groups in total. The van der Waals surface area contributed by atoms with Gasteiger partial charge in [-0.15, -0.1) is 0 Å². The van der Waals surface area contributed by atoms with Gasteiger partial charge < -0.3 is 20.5 Å². The smallest absolute Gasteiger partial charge is 0.407 e. The first-order valence-corrected chi connectivity index (χ1v) is 11.1. The van der Waals surface area contributed by atoms with E-state index < -0.39 is 29.9 Å². The molecule has 168 valence electrons. The Morgan fingerprint density at radius 3 is 2.16 bits per heavy atom. The lowest BCUT2D eigenvalue weighted by Crippen LogP contribution is -2.48. The summed E-state index contributed by atoms with van der Waals surface area (Å²) in [7, 11) is 0. The number of carbonyl (C=O) groups is 3. The first kappa shape index (κ1) is 21.9. The SMILES string of the molecule is C[C@@H](NC(=O)OCC1c2ccccc2-c2ccccc21)C(=O)NCC(C(=O)O)C1CCC1. The maximum Gasteiger partial charge on any atom is 0.407 e. The molecule has 7 nitrogen and oxygen atoms in total. The molecular weight excluding hydrogens is 408 g/mol. The summed E-state index contributed by atoms with van der Waals surface area (Å²) in [6, 6.07) is 15.3. The van der Waals surface area contributed by atoms with Crippen LogP contribution < -0.4 is 10.6 Å². The summed E-state index contributed by atoms with van der Waals surface area (Å²) in [6.45, 7) is 1.78. The van der Waals surface area contributed by atoms with Crippen molar-refractivity contribution in [3.05, 3.63) is 59.7 Å². The number of carbonyl (C=O) groups excluding carboxylic acids is 2. The summed E-state index contributed by atoms with van der Waals surface area (Å²) in [5.41, 5.74) is 4.51. The Bertz CT molecular complexity index is 971. The fourth-order valence-electron chi connectivity index (χ4n) is 4.54. The molecule has 0 heterocycles. The molecule has 0 aliphatic heterocycles. The molecule has 2 atom stereocenters. The molecule has 0 aromatic heterocycles. The zero-order valence-corrected chi connectivity index (χ0v) is 18.0. The Morgan fingerprint density at radius 2 is 1.62 bits per heavy atom. The standard InChI is InChI=1S/C25H28N2O5/c1-15(23(28)26-13-21(24(29)30)16-7-6-8-16)27-25(31)32-14-22-19-11-4-2-9-17(19)18-10-3-5-12-20(18)22/h2-5,9-12,15-16,21-22H,6-8,13-14H2,1H3,(H,26,28)(H,27,31)(H,29,30)/t15-,21?/m1/s1. The number of carboxylic acid groups (broad SMARTS) is 1. The zero-order chi connectivity index (χ0) is 22.7. The quantitative estimate of drug-likeness (QED) is 0.587. The topological polar surface area (TPSA) is 105 Å². The van der Waals surface area contributed by atoms with Crippen molar-refractivity contribution in [3.8, 4) is 11.1 Å². The average molecular weight is 437 g/mol. The van der Waals surface area contributed by atoms with Gasteiger partial charge in [-0.3, -0.25) is 9.59 Å². The second-order valence-electron chi connectivity index (χ2n) is 8.57. The highest BCUT2D eigenvalue weighted by Crippen LogP contribution is 2.44. The molecule has 32 heavy (non-hydrogen) atoms. The number of nitrogens with one attached hydrogen (secondary N) is 2. The van der Waals surface area contributed by atoms with E-state index in [0.717, 1.165) is 41.5 Å². The van der Waals surface area contributed by atoms with Crippen LogP contribution >= 0.6 is 0 Å². The van der Waals surface area contributed by atoms with E-state index in [-0.39, 0.29) is 25.0 Å². The van der Waals surface area contributed by atoms with Crippen molar-refractivity contribution in [2.24, 2.45) is 11.8 Å². The minimum Gasteiger partial charge on any atom is -0.481 e. The summed E-state index contributed by atoms with van der Waals surface area (Å²) in [4.78, 5) is 36.1. The molecule has 0 bridgehead atoms. The number of ether oxygens (including phenoxy) is 1. The van der Waals surface area contributed by atoms with E-state index >= 15 is 0 Å². The van der Waals surface area contributed by atoms with Gasteiger partial charge in [0.1, 0.15) is 12.6 Å². The number of alkyl carbamates (subject to hydrolysis) is 1.